The van der Waals surface area contributed by atoms with Crippen molar-refractivity contribution in [1.29, 1.82) is 0 Å². The third-order valence-electron chi connectivity index (χ3n) is 1.72. The minimum Gasteiger partial charge on any atom is -0.357 e. The van der Waals surface area contributed by atoms with Crippen molar-refractivity contribution in [3.8, 4) is 5.95 Å². The molecule has 0 bridgehead atoms. The standard InChI is InChI=1S/C8H11N7S/c1-3-16-8-13-6(9-2)12-7(14-8)15-5-10-4-11-15/h4-5H,3H2,1-2H3,(H,9,12,13,14). The first-order chi connectivity index (χ1) is 7.83. The summed E-state index contributed by atoms with van der Waals surface area (Å²) in [5.74, 6) is 1.90. The molecule has 0 unspecified atom stereocenters. The van der Waals surface area contributed by atoms with Crippen molar-refractivity contribution in [2.75, 3.05) is 18.1 Å². The van der Waals surface area contributed by atoms with Crippen molar-refractivity contribution >= 4 is 17.7 Å². The van der Waals surface area contributed by atoms with Crippen molar-refractivity contribution in [2.45, 2.75) is 12.1 Å². The Labute approximate surface area is 96.7 Å². The first-order valence-electron chi connectivity index (χ1n) is 4.75. The number of aromatic nitrogens is 6. The van der Waals surface area contributed by atoms with E-state index in [1.54, 1.807) is 25.1 Å². The summed E-state index contributed by atoms with van der Waals surface area (Å²) in [6.45, 7) is 2.04. The highest BCUT2D eigenvalue weighted by atomic mass is 32.2. The van der Waals surface area contributed by atoms with Gasteiger partial charge < -0.3 is 5.32 Å². The Bertz CT molecular complexity index is 455. The zero-order valence-electron chi connectivity index (χ0n) is 8.95. The lowest BCUT2D eigenvalue weighted by Crippen LogP contribution is -2.07. The Morgan fingerprint density at radius 1 is 1.38 bits per heavy atom. The van der Waals surface area contributed by atoms with Gasteiger partial charge >= 0.3 is 0 Å². The molecule has 2 rings (SSSR count). The number of anilines is 1. The van der Waals surface area contributed by atoms with Gasteiger partial charge in [-0.25, -0.2) is 4.98 Å². The maximum Gasteiger partial charge on any atom is 0.257 e. The van der Waals surface area contributed by atoms with E-state index in [2.05, 4.69) is 30.4 Å². The number of hydrogen-bond donors (Lipinski definition) is 1. The molecular formula is C8H11N7S. The average molecular weight is 237 g/mol. The van der Waals surface area contributed by atoms with E-state index in [0.29, 0.717) is 17.1 Å². The van der Waals surface area contributed by atoms with Gasteiger partial charge in [-0.3, -0.25) is 0 Å². The van der Waals surface area contributed by atoms with E-state index in [1.807, 2.05) is 6.92 Å². The molecule has 0 aliphatic rings. The zero-order chi connectivity index (χ0) is 11.4. The number of nitrogens with zero attached hydrogens (tertiary/aromatic N) is 6. The minimum atomic E-state index is 0.466. The van der Waals surface area contributed by atoms with Crippen LogP contribution in [-0.4, -0.2) is 42.5 Å². The Hall–Kier alpha value is -1.70. The molecule has 2 aromatic heterocycles. The zero-order valence-corrected chi connectivity index (χ0v) is 9.77. The molecule has 0 aromatic carbocycles. The van der Waals surface area contributed by atoms with Gasteiger partial charge in [-0.15, -0.1) is 0 Å². The average Bonchev–Trinajstić information content (AvgIpc) is 2.82. The Balaban J connectivity index is 2.41. The largest absolute Gasteiger partial charge is 0.357 e. The molecule has 2 heterocycles. The summed E-state index contributed by atoms with van der Waals surface area (Å²) in [6, 6.07) is 0. The van der Waals surface area contributed by atoms with Gasteiger partial charge in [0.2, 0.25) is 5.95 Å². The van der Waals surface area contributed by atoms with Crippen LogP contribution >= 0.6 is 11.8 Å². The van der Waals surface area contributed by atoms with Crippen LogP contribution in [0.3, 0.4) is 0 Å². The lowest BCUT2D eigenvalue weighted by atomic mass is 10.8. The van der Waals surface area contributed by atoms with E-state index in [9.17, 15) is 0 Å². The van der Waals surface area contributed by atoms with Gasteiger partial charge in [0.05, 0.1) is 0 Å². The molecular weight excluding hydrogens is 226 g/mol. The van der Waals surface area contributed by atoms with Crippen LogP contribution in [0.2, 0.25) is 0 Å². The Kier molecular flexibility index (Phi) is 3.30. The van der Waals surface area contributed by atoms with Crippen molar-refractivity contribution in [3.05, 3.63) is 12.7 Å². The smallest absolute Gasteiger partial charge is 0.257 e. The second-order valence-electron chi connectivity index (χ2n) is 2.76. The van der Waals surface area contributed by atoms with E-state index in [0.717, 1.165) is 5.75 Å². The van der Waals surface area contributed by atoms with Crippen LogP contribution in [0.25, 0.3) is 5.95 Å². The summed E-state index contributed by atoms with van der Waals surface area (Å²) in [5.41, 5.74) is 0. The topological polar surface area (TPSA) is 81.4 Å². The van der Waals surface area contributed by atoms with Crippen LogP contribution in [-0.2, 0) is 0 Å². The van der Waals surface area contributed by atoms with Gasteiger partial charge in [0, 0.05) is 7.05 Å². The number of thioether (sulfide) groups is 1. The highest BCUT2D eigenvalue weighted by Crippen LogP contribution is 2.14. The first-order valence-corrected chi connectivity index (χ1v) is 5.73. The van der Waals surface area contributed by atoms with Crippen LogP contribution in [0.15, 0.2) is 17.8 Å². The monoisotopic (exact) mass is 237 g/mol. The van der Waals surface area contributed by atoms with E-state index in [1.165, 1.54) is 11.0 Å². The highest BCUT2D eigenvalue weighted by molar-refractivity contribution is 7.99. The fourth-order valence-electron chi connectivity index (χ4n) is 1.07. The molecule has 0 aliphatic carbocycles. The molecule has 84 valence electrons. The van der Waals surface area contributed by atoms with Crippen LogP contribution in [0.5, 0.6) is 0 Å². The third-order valence-corrected chi connectivity index (χ3v) is 2.45. The molecule has 8 heteroatoms. The number of hydrogen-bond acceptors (Lipinski definition) is 7. The van der Waals surface area contributed by atoms with Gasteiger partial charge in [0.15, 0.2) is 5.16 Å². The normalized spacial score (nSPS) is 10.4. The fraction of sp³-hybridized carbons (Fsp3) is 0.375. The Morgan fingerprint density at radius 2 is 2.25 bits per heavy atom. The van der Waals surface area contributed by atoms with Crippen molar-refractivity contribution < 1.29 is 0 Å². The van der Waals surface area contributed by atoms with Crippen LogP contribution in [0, 0.1) is 0 Å². The minimum absolute atomic E-state index is 0.466. The first kappa shape index (κ1) is 10.8. The fourth-order valence-corrected chi connectivity index (χ4v) is 1.62. The van der Waals surface area contributed by atoms with Crippen molar-refractivity contribution in [2.24, 2.45) is 0 Å². The molecule has 0 aliphatic heterocycles. The predicted octanol–water partition coefficient (Wildman–Crippen LogP) is 0.606. The second kappa shape index (κ2) is 4.88. The van der Waals surface area contributed by atoms with Gasteiger partial charge in [0.1, 0.15) is 12.7 Å². The highest BCUT2D eigenvalue weighted by Gasteiger charge is 2.07. The van der Waals surface area contributed by atoms with Gasteiger partial charge in [0.25, 0.3) is 5.95 Å². The molecule has 0 atom stereocenters. The van der Waals surface area contributed by atoms with E-state index < -0.39 is 0 Å². The molecule has 16 heavy (non-hydrogen) atoms. The van der Waals surface area contributed by atoms with Crippen LogP contribution in [0.4, 0.5) is 5.95 Å². The summed E-state index contributed by atoms with van der Waals surface area (Å²) < 4.78 is 1.50. The summed E-state index contributed by atoms with van der Waals surface area (Å²) in [7, 11) is 1.76. The molecule has 0 radical (unpaired) electrons. The second-order valence-corrected chi connectivity index (χ2v) is 4.00. The molecule has 2 aromatic rings. The summed E-state index contributed by atoms with van der Waals surface area (Å²) in [5, 5.41) is 7.54. The molecule has 1 N–H and O–H groups in total. The molecule has 0 saturated carbocycles. The summed E-state index contributed by atoms with van der Waals surface area (Å²) in [6.07, 6.45) is 2.99. The number of rotatable bonds is 4. The van der Waals surface area contributed by atoms with Crippen LogP contribution in [0.1, 0.15) is 6.92 Å². The number of nitrogens with one attached hydrogen (secondary N) is 1. The maximum absolute atomic E-state index is 4.27. The van der Waals surface area contributed by atoms with E-state index >= 15 is 0 Å². The quantitative estimate of drug-likeness (QED) is 0.780. The third kappa shape index (κ3) is 2.27. The maximum atomic E-state index is 4.27. The molecule has 7 nitrogen and oxygen atoms in total. The lowest BCUT2D eigenvalue weighted by molar-refractivity contribution is 0.761. The van der Waals surface area contributed by atoms with Crippen molar-refractivity contribution in [3.63, 3.8) is 0 Å². The SMILES string of the molecule is CCSc1nc(NC)nc(-n2cncn2)n1. The molecule has 0 fully saturated rings. The molecule has 0 spiro atoms. The van der Waals surface area contributed by atoms with E-state index in [4.69, 9.17) is 0 Å². The summed E-state index contributed by atoms with van der Waals surface area (Å²) in [4.78, 5) is 16.5. The Morgan fingerprint density at radius 3 is 2.88 bits per heavy atom. The van der Waals surface area contributed by atoms with Gasteiger partial charge in [-0.05, 0) is 5.75 Å². The van der Waals surface area contributed by atoms with E-state index in [-0.39, 0.29) is 0 Å². The van der Waals surface area contributed by atoms with Crippen molar-refractivity contribution in [1.82, 2.24) is 29.7 Å². The molecule has 0 amide bonds. The van der Waals surface area contributed by atoms with Gasteiger partial charge in [-0.1, -0.05) is 18.7 Å². The lowest BCUT2D eigenvalue weighted by Gasteiger charge is -2.04. The predicted molar refractivity (Wildman–Crippen MR) is 60.7 cm³/mol. The molecule has 0 saturated heterocycles. The van der Waals surface area contributed by atoms with Crippen LogP contribution < -0.4 is 5.32 Å². The summed E-state index contributed by atoms with van der Waals surface area (Å²) >= 11 is 1.55. The van der Waals surface area contributed by atoms with Gasteiger partial charge in [-0.2, -0.15) is 24.7 Å².